The second kappa shape index (κ2) is 9.03. The van der Waals surface area contributed by atoms with Gasteiger partial charge in [-0.05, 0) is 25.7 Å². The lowest BCUT2D eigenvalue weighted by atomic mass is 9.82. The molecule has 2 aliphatic rings. The van der Waals surface area contributed by atoms with E-state index >= 15 is 0 Å². The fraction of sp³-hybridized carbons (Fsp3) is 0.762. The molecule has 2 nitrogen and oxygen atoms in total. The molecule has 136 valence electrons. The highest BCUT2D eigenvalue weighted by Gasteiger charge is 2.40. The number of ether oxygens (including phenoxy) is 1. The molecule has 0 spiro atoms. The largest absolute Gasteiger partial charge is 0.454 e. The first-order valence-corrected chi connectivity index (χ1v) is 13.6. The topological polar surface area (TPSA) is 26.3 Å². The highest BCUT2D eigenvalue weighted by atomic mass is 28.3. The van der Waals surface area contributed by atoms with Crippen molar-refractivity contribution in [1.29, 1.82) is 0 Å². The number of rotatable bonds is 7. The van der Waals surface area contributed by atoms with Crippen molar-refractivity contribution in [2.45, 2.75) is 96.9 Å². The van der Waals surface area contributed by atoms with Gasteiger partial charge in [-0.15, -0.1) is 0 Å². The lowest BCUT2D eigenvalue weighted by molar-refractivity contribution is -0.140. The summed E-state index contributed by atoms with van der Waals surface area (Å²) in [5, 5.41) is 0. The summed E-state index contributed by atoms with van der Waals surface area (Å²) in [7, 11) is -1.45. The smallest absolute Gasteiger partial charge is 0.338 e. The molecule has 0 aromatic carbocycles. The van der Waals surface area contributed by atoms with Gasteiger partial charge in [-0.3, -0.25) is 0 Å². The van der Waals surface area contributed by atoms with Crippen LogP contribution in [-0.2, 0) is 9.53 Å². The maximum absolute atomic E-state index is 12.5. The summed E-state index contributed by atoms with van der Waals surface area (Å²) >= 11 is 0. The Morgan fingerprint density at radius 3 is 2.42 bits per heavy atom. The minimum atomic E-state index is -1.45. The Bertz CT molecular complexity index is 479. The third-order valence-electron chi connectivity index (χ3n) is 5.15. The van der Waals surface area contributed by atoms with E-state index < -0.39 is 8.07 Å². The third-order valence-corrected chi connectivity index (χ3v) is 6.30. The zero-order valence-corrected chi connectivity index (χ0v) is 17.2. The maximum atomic E-state index is 12.5. The second-order valence-corrected chi connectivity index (χ2v) is 13.7. The van der Waals surface area contributed by atoms with Gasteiger partial charge in [0.1, 0.15) is 6.10 Å². The standard InChI is InChI=1S/C21H36O2Si/c1-5-6-7-8-12-15-18-19(16-24(2,3)4)21(22)23-20(18)17-13-10-9-11-14-17/h15-17,20H,5-14H2,1-4H3. The Balaban J connectivity index is 2.17. The van der Waals surface area contributed by atoms with Crippen LogP contribution in [0.15, 0.2) is 22.9 Å². The fourth-order valence-corrected chi connectivity index (χ4v) is 5.08. The zero-order chi connectivity index (χ0) is 17.6. The van der Waals surface area contributed by atoms with Gasteiger partial charge in [0.2, 0.25) is 0 Å². The van der Waals surface area contributed by atoms with Crippen LogP contribution in [0.2, 0.25) is 19.6 Å². The quantitative estimate of drug-likeness (QED) is 0.237. The fourth-order valence-electron chi connectivity index (χ4n) is 3.93. The van der Waals surface area contributed by atoms with Gasteiger partial charge in [-0.2, -0.15) is 0 Å². The van der Waals surface area contributed by atoms with Gasteiger partial charge in [-0.1, -0.05) is 76.9 Å². The van der Waals surface area contributed by atoms with E-state index in [4.69, 9.17) is 4.74 Å². The van der Waals surface area contributed by atoms with Crippen molar-refractivity contribution >= 4 is 14.0 Å². The first-order valence-electron chi connectivity index (χ1n) is 10.1. The average molecular weight is 349 g/mol. The van der Waals surface area contributed by atoms with E-state index in [9.17, 15) is 4.79 Å². The summed E-state index contributed by atoms with van der Waals surface area (Å²) in [6.45, 7) is 9.12. The van der Waals surface area contributed by atoms with E-state index in [1.54, 1.807) is 0 Å². The summed E-state index contributed by atoms with van der Waals surface area (Å²) in [5.41, 5.74) is 4.39. The summed E-state index contributed by atoms with van der Waals surface area (Å²) < 4.78 is 5.90. The molecule has 1 saturated heterocycles. The molecule has 0 N–H and O–H groups in total. The lowest BCUT2D eigenvalue weighted by Gasteiger charge is -2.27. The molecule has 1 saturated carbocycles. The van der Waals surface area contributed by atoms with Crippen LogP contribution < -0.4 is 0 Å². The molecule has 24 heavy (non-hydrogen) atoms. The van der Waals surface area contributed by atoms with Crippen LogP contribution in [0.25, 0.3) is 0 Å². The normalized spacial score (nSPS) is 26.3. The highest BCUT2D eigenvalue weighted by Crippen LogP contribution is 2.39. The number of carbonyl (C=O) groups excluding carboxylic acids is 1. The van der Waals surface area contributed by atoms with E-state index in [-0.39, 0.29) is 12.1 Å². The molecule has 0 aromatic rings. The first kappa shape index (κ1) is 19.5. The van der Waals surface area contributed by atoms with Crippen LogP contribution in [0.3, 0.4) is 0 Å². The van der Waals surface area contributed by atoms with E-state index in [2.05, 4.69) is 38.3 Å². The summed E-state index contributed by atoms with van der Waals surface area (Å²) in [4.78, 5) is 12.5. The zero-order valence-electron chi connectivity index (χ0n) is 16.2. The van der Waals surface area contributed by atoms with Crippen molar-refractivity contribution in [3.63, 3.8) is 0 Å². The van der Waals surface area contributed by atoms with Crippen molar-refractivity contribution in [2.75, 3.05) is 0 Å². The molecule has 1 aliphatic carbocycles. The van der Waals surface area contributed by atoms with Crippen molar-refractivity contribution in [1.82, 2.24) is 0 Å². The molecule has 0 radical (unpaired) electrons. The molecule has 0 bridgehead atoms. The minimum Gasteiger partial charge on any atom is -0.454 e. The molecule has 3 heteroatoms. The van der Waals surface area contributed by atoms with Crippen LogP contribution >= 0.6 is 0 Å². The van der Waals surface area contributed by atoms with E-state index in [1.807, 2.05) is 0 Å². The molecule has 2 fully saturated rings. The molecule has 0 amide bonds. The van der Waals surface area contributed by atoms with Gasteiger partial charge in [0.25, 0.3) is 0 Å². The molecule has 1 atom stereocenters. The number of unbranched alkanes of at least 4 members (excludes halogenated alkanes) is 4. The molecule has 2 rings (SSSR count). The maximum Gasteiger partial charge on any atom is 0.338 e. The summed E-state index contributed by atoms with van der Waals surface area (Å²) in [5.74, 6) is 0.477. The van der Waals surface area contributed by atoms with Crippen molar-refractivity contribution < 1.29 is 9.53 Å². The van der Waals surface area contributed by atoms with Gasteiger partial charge in [-0.25, -0.2) is 4.79 Å². The number of cyclic esters (lactones) is 1. The minimum absolute atomic E-state index is 0.0339. The molecule has 1 unspecified atom stereocenters. The highest BCUT2D eigenvalue weighted by molar-refractivity contribution is 6.81. The van der Waals surface area contributed by atoms with Crippen molar-refractivity contribution in [3.05, 3.63) is 22.9 Å². The Labute approximate surface area is 149 Å². The number of hydrogen-bond donors (Lipinski definition) is 0. The Kier molecular flexibility index (Phi) is 7.33. The number of hydrogen-bond acceptors (Lipinski definition) is 2. The lowest BCUT2D eigenvalue weighted by Crippen LogP contribution is -2.24. The molecule has 0 aromatic heterocycles. The third kappa shape index (κ3) is 5.61. The predicted octanol–water partition coefficient (Wildman–Crippen LogP) is 6.19. The molecular formula is C21H36O2Si. The van der Waals surface area contributed by atoms with Crippen molar-refractivity contribution in [2.24, 2.45) is 5.92 Å². The van der Waals surface area contributed by atoms with Gasteiger partial charge in [0.05, 0.1) is 13.6 Å². The average Bonchev–Trinajstić information content (AvgIpc) is 2.83. The number of carbonyl (C=O) groups is 1. The van der Waals surface area contributed by atoms with Crippen LogP contribution in [0.1, 0.15) is 71.1 Å². The van der Waals surface area contributed by atoms with Crippen LogP contribution in [0.4, 0.5) is 0 Å². The Morgan fingerprint density at radius 1 is 1.08 bits per heavy atom. The van der Waals surface area contributed by atoms with Gasteiger partial charge >= 0.3 is 5.97 Å². The first-order chi connectivity index (χ1) is 11.4. The van der Waals surface area contributed by atoms with E-state index in [1.165, 1.54) is 63.4 Å². The van der Waals surface area contributed by atoms with Gasteiger partial charge in [0, 0.05) is 11.5 Å². The van der Waals surface area contributed by atoms with Crippen molar-refractivity contribution in [3.8, 4) is 0 Å². The molecule has 1 aliphatic heterocycles. The van der Waals surface area contributed by atoms with Gasteiger partial charge < -0.3 is 4.74 Å². The second-order valence-electron chi connectivity index (χ2n) is 8.66. The van der Waals surface area contributed by atoms with Crippen LogP contribution in [0.5, 0.6) is 0 Å². The number of allylic oxidation sites excluding steroid dienone is 1. The molecule has 1 heterocycles. The molecular weight excluding hydrogens is 312 g/mol. The summed E-state index contributed by atoms with van der Waals surface area (Å²) in [6, 6.07) is 0. The monoisotopic (exact) mass is 348 g/mol. The summed E-state index contributed by atoms with van der Waals surface area (Å²) in [6.07, 6.45) is 14.9. The SMILES string of the molecule is CCCCCCC=C1C(=C[Si](C)(C)C)C(=O)OC1C1CCCCC1. The van der Waals surface area contributed by atoms with Crippen LogP contribution in [-0.4, -0.2) is 20.1 Å². The van der Waals surface area contributed by atoms with Crippen LogP contribution in [0, 0.1) is 5.92 Å². The number of esters is 1. The van der Waals surface area contributed by atoms with E-state index in [0.717, 1.165) is 12.0 Å². The van der Waals surface area contributed by atoms with Gasteiger partial charge in [0.15, 0.2) is 0 Å². The Hall–Kier alpha value is -0.833. The van der Waals surface area contributed by atoms with E-state index in [0.29, 0.717) is 5.92 Å². The Morgan fingerprint density at radius 2 is 1.79 bits per heavy atom. The predicted molar refractivity (Wildman–Crippen MR) is 105 cm³/mol.